The molecule has 12 heavy (non-hydrogen) atoms. The lowest BCUT2D eigenvalue weighted by atomic mass is 10.1. The fourth-order valence-corrected chi connectivity index (χ4v) is 0. The van der Waals surface area contributed by atoms with Gasteiger partial charge in [-0.05, 0) is 13.8 Å². The maximum Gasteiger partial charge on any atom is 0.402 e. The minimum absolute atomic E-state index is 0.766. The molecule has 0 aromatic carbocycles. The van der Waals surface area contributed by atoms with Crippen molar-refractivity contribution in [2.75, 3.05) is 0 Å². The highest BCUT2D eigenvalue weighted by Crippen LogP contribution is 2.35. The summed E-state index contributed by atoms with van der Waals surface area (Å²) < 4.78 is -1.37. The molecule has 0 atom stereocenters. The zero-order valence-electron chi connectivity index (χ0n) is 6.64. The molecule has 1 amide bonds. The minimum Gasteiger partial charge on any atom is -0.465 e. The molecule has 0 aromatic heterocycles. The van der Waals surface area contributed by atoms with Crippen LogP contribution in [-0.4, -0.2) is 20.5 Å². The van der Waals surface area contributed by atoms with Gasteiger partial charge >= 0.3 is 6.09 Å². The first-order valence-corrected chi connectivity index (χ1v) is 3.96. The van der Waals surface area contributed by atoms with Crippen LogP contribution in [0.3, 0.4) is 0 Å². The van der Waals surface area contributed by atoms with Gasteiger partial charge in [-0.25, -0.2) is 4.79 Å². The smallest absolute Gasteiger partial charge is 0.402 e. The monoisotopic (exact) mass is 236 g/mol. The van der Waals surface area contributed by atoms with E-state index in [2.05, 4.69) is 5.73 Å². The van der Waals surface area contributed by atoms with E-state index in [1.54, 1.807) is 13.8 Å². The fourth-order valence-electron chi connectivity index (χ4n) is 0. The number of primary amides is 1. The van der Waals surface area contributed by atoms with Gasteiger partial charge in [0.05, 0.1) is 5.54 Å². The normalized spacial score (nSPS) is 11.5. The molecule has 0 heterocycles. The third kappa shape index (κ3) is 10.1. The number of hydrogen-bond acceptors (Lipinski definition) is 2. The highest BCUT2D eigenvalue weighted by atomic mass is 35.6. The molecule has 7 heteroatoms. The van der Waals surface area contributed by atoms with E-state index in [1.165, 1.54) is 0 Å². The summed E-state index contributed by atoms with van der Waals surface area (Å²) in [7, 11) is 0. The van der Waals surface area contributed by atoms with Gasteiger partial charge in [0.1, 0.15) is 0 Å². The number of amides is 1. The molecule has 0 unspecified atom stereocenters. The maximum absolute atomic E-state index is 8.78. The van der Waals surface area contributed by atoms with E-state index in [-0.39, 0.29) is 0 Å². The minimum atomic E-state index is -1.37. The number of carboxylic acid groups (broad SMARTS) is 1. The molecule has 5 N–H and O–H groups in total. The molecule has 74 valence electrons. The Bertz CT molecular complexity index is 134. The van der Waals surface area contributed by atoms with Crippen LogP contribution < -0.4 is 11.5 Å². The fraction of sp³-hybridized carbons (Fsp3) is 0.800. The molecule has 0 bridgehead atoms. The Morgan fingerprint density at radius 2 is 1.42 bits per heavy atom. The highest BCUT2D eigenvalue weighted by Gasteiger charge is 2.36. The van der Waals surface area contributed by atoms with Crippen LogP contribution in [0.2, 0.25) is 0 Å². The molecule has 0 aliphatic carbocycles. The summed E-state index contributed by atoms with van der Waals surface area (Å²) >= 11 is 16.2. The Hall–Kier alpha value is 0.1000. The van der Waals surface area contributed by atoms with E-state index in [1.807, 2.05) is 0 Å². The molecule has 0 aliphatic rings. The molecule has 0 aromatic rings. The van der Waals surface area contributed by atoms with E-state index in [0.29, 0.717) is 0 Å². The molecule has 0 rings (SSSR count). The van der Waals surface area contributed by atoms with Crippen LogP contribution in [0.1, 0.15) is 13.8 Å². The largest absolute Gasteiger partial charge is 0.465 e. The SMILES string of the molecule is CC(C)(N)C(Cl)(Cl)Cl.NC(=O)O. The van der Waals surface area contributed by atoms with Gasteiger partial charge < -0.3 is 16.6 Å². The van der Waals surface area contributed by atoms with Gasteiger partial charge in [-0.1, -0.05) is 34.8 Å². The first kappa shape index (κ1) is 14.6. The number of alkyl halides is 3. The summed E-state index contributed by atoms with van der Waals surface area (Å²) in [6.07, 6.45) is -1.33. The third-order valence-electron chi connectivity index (χ3n) is 0.731. The number of hydrogen-bond donors (Lipinski definition) is 3. The van der Waals surface area contributed by atoms with E-state index in [0.717, 1.165) is 0 Å². The predicted octanol–water partition coefficient (Wildman–Crippen LogP) is 1.72. The number of halogens is 3. The van der Waals surface area contributed by atoms with Crippen LogP contribution in [-0.2, 0) is 0 Å². The summed E-state index contributed by atoms with van der Waals surface area (Å²) in [5.41, 5.74) is 8.68. The van der Waals surface area contributed by atoms with Crippen LogP contribution in [0.4, 0.5) is 4.79 Å². The highest BCUT2D eigenvalue weighted by molar-refractivity contribution is 6.68. The lowest BCUT2D eigenvalue weighted by Gasteiger charge is -2.26. The second kappa shape index (κ2) is 4.97. The topological polar surface area (TPSA) is 89.3 Å². The zero-order valence-corrected chi connectivity index (χ0v) is 8.91. The van der Waals surface area contributed by atoms with Crippen molar-refractivity contribution in [1.29, 1.82) is 0 Å². The molecule has 4 nitrogen and oxygen atoms in total. The lowest BCUT2D eigenvalue weighted by Crippen LogP contribution is -2.45. The van der Waals surface area contributed by atoms with Gasteiger partial charge in [-0.15, -0.1) is 0 Å². The predicted molar refractivity (Wildman–Crippen MR) is 50.8 cm³/mol. The van der Waals surface area contributed by atoms with E-state index in [4.69, 9.17) is 50.4 Å². The molecule has 0 saturated heterocycles. The van der Waals surface area contributed by atoms with Crippen molar-refractivity contribution >= 4 is 40.9 Å². The lowest BCUT2D eigenvalue weighted by molar-refractivity contribution is 0.205. The third-order valence-corrected chi connectivity index (χ3v) is 2.19. The van der Waals surface area contributed by atoms with Crippen molar-refractivity contribution in [3.05, 3.63) is 0 Å². The number of nitrogens with two attached hydrogens (primary N) is 2. The summed E-state index contributed by atoms with van der Waals surface area (Å²) in [5.74, 6) is 0. The Morgan fingerprint density at radius 3 is 1.42 bits per heavy atom. The van der Waals surface area contributed by atoms with Crippen LogP contribution >= 0.6 is 34.8 Å². The van der Waals surface area contributed by atoms with Gasteiger partial charge in [-0.3, -0.25) is 0 Å². The molecule has 0 aliphatic heterocycles. The first-order chi connectivity index (χ1) is 4.98. The summed E-state index contributed by atoms with van der Waals surface area (Å²) in [5, 5.41) is 7.19. The maximum atomic E-state index is 8.78. The summed E-state index contributed by atoms with van der Waals surface area (Å²) in [4.78, 5) is 8.78. The van der Waals surface area contributed by atoms with Gasteiger partial charge in [0.25, 0.3) is 0 Å². The Balaban J connectivity index is 0. The second-order valence-electron chi connectivity index (χ2n) is 2.56. The first-order valence-electron chi connectivity index (χ1n) is 2.82. The second-order valence-corrected chi connectivity index (χ2v) is 4.84. The summed E-state index contributed by atoms with van der Waals surface area (Å²) in [6.45, 7) is 3.31. The summed E-state index contributed by atoms with van der Waals surface area (Å²) in [6, 6.07) is 0. The molecule has 0 radical (unpaired) electrons. The van der Waals surface area contributed by atoms with Crippen molar-refractivity contribution in [3.63, 3.8) is 0 Å². The van der Waals surface area contributed by atoms with E-state index >= 15 is 0 Å². The van der Waals surface area contributed by atoms with Crippen molar-refractivity contribution < 1.29 is 9.90 Å². The van der Waals surface area contributed by atoms with Crippen molar-refractivity contribution in [2.45, 2.75) is 23.2 Å². The Morgan fingerprint density at radius 1 is 1.33 bits per heavy atom. The quantitative estimate of drug-likeness (QED) is 0.560. The van der Waals surface area contributed by atoms with Gasteiger partial charge in [0.15, 0.2) is 0 Å². The van der Waals surface area contributed by atoms with Crippen molar-refractivity contribution in [1.82, 2.24) is 0 Å². The van der Waals surface area contributed by atoms with Crippen molar-refractivity contribution in [2.24, 2.45) is 11.5 Å². The molecule has 0 spiro atoms. The zero-order chi connectivity index (χ0) is 10.6. The molecular weight excluding hydrogens is 226 g/mol. The van der Waals surface area contributed by atoms with Crippen molar-refractivity contribution in [3.8, 4) is 0 Å². The van der Waals surface area contributed by atoms with E-state index in [9.17, 15) is 0 Å². The van der Waals surface area contributed by atoms with Crippen LogP contribution in [0.25, 0.3) is 0 Å². The van der Waals surface area contributed by atoms with Gasteiger partial charge in [0.2, 0.25) is 3.79 Å². The standard InChI is InChI=1S/C4H8Cl3N.CH3NO2/c1-3(2,8)4(5,6)7;2-1(3)4/h8H2,1-2H3;2H2,(H,3,4). The number of rotatable bonds is 0. The average Bonchev–Trinajstić information content (AvgIpc) is 1.55. The van der Waals surface area contributed by atoms with E-state index < -0.39 is 15.4 Å². The Kier molecular flexibility index (Phi) is 6.05. The van der Waals surface area contributed by atoms with Crippen LogP contribution in [0.15, 0.2) is 0 Å². The average molecular weight is 238 g/mol. The van der Waals surface area contributed by atoms with Crippen LogP contribution in [0.5, 0.6) is 0 Å². The van der Waals surface area contributed by atoms with Crippen LogP contribution in [0, 0.1) is 0 Å². The molecule has 0 fully saturated rings. The number of carbonyl (C=O) groups is 1. The van der Waals surface area contributed by atoms with Gasteiger partial charge in [-0.2, -0.15) is 0 Å². The molecular formula is C5H11Cl3N2O2. The molecule has 0 saturated carbocycles. The van der Waals surface area contributed by atoms with Gasteiger partial charge in [0, 0.05) is 0 Å². The Labute approximate surface area is 85.8 Å².